The third-order valence-corrected chi connectivity index (χ3v) is 2.00. The molecule has 0 spiro atoms. The molecule has 0 aliphatic heterocycles. The molecule has 0 aliphatic carbocycles. The molecule has 1 rings (SSSR count). The molecule has 1 N–H and O–H groups in total. The number of nitrogens with zero attached hydrogens (tertiary/aromatic N) is 1. The van der Waals surface area contributed by atoms with Crippen molar-refractivity contribution < 1.29 is 18.0 Å². The van der Waals surface area contributed by atoms with E-state index in [-0.39, 0.29) is 0 Å². The van der Waals surface area contributed by atoms with E-state index in [1.165, 1.54) is 19.2 Å². The lowest BCUT2D eigenvalue weighted by molar-refractivity contribution is -0.137. The van der Waals surface area contributed by atoms with Gasteiger partial charge in [-0.05, 0) is 17.7 Å². The Balaban J connectivity index is 2.49. The zero-order valence-corrected chi connectivity index (χ0v) is 9.29. The van der Waals surface area contributed by atoms with E-state index in [1.807, 2.05) is 0 Å². The monoisotopic (exact) mass is 246 g/mol. The lowest BCUT2D eigenvalue weighted by Gasteiger charge is -2.06. The summed E-state index contributed by atoms with van der Waals surface area (Å²) < 4.78 is 36.8. The fourth-order valence-corrected chi connectivity index (χ4v) is 1.15. The molecular formula is C11H13F3N2O. The van der Waals surface area contributed by atoms with E-state index >= 15 is 0 Å². The first kappa shape index (κ1) is 13.7. The Morgan fingerprint density at radius 3 is 2.47 bits per heavy atom. The van der Waals surface area contributed by atoms with Gasteiger partial charge in [0.2, 0.25) is 0 Å². The molecule has 0 fully saturated rings. The first-order chi connectivity index (χ1) is 8.04. The third kappa shape index (κ3) is 4.97. The lowest BCUT2D eigenvalue weighted by atomic mass is 10.1. The Morgan fingerprint density at radius 2 is 1.94 bits per heavy atom. The maximum atomic E-state index is 12.3. The fourth-order valence-electron chi connectivity index (χ4n) is 1.15. The van der Waals surface area contributed by atoms with Gasteiger partial charge in [-0.25, -0.2) is 0 Å². The highest BCUT2D eigenvalue weighted by molar-refractivity contribution is 5.59. The summed E-state index contributed by atoms with van der Waals surface area (Å²) in [5.74, 6) is 0. The minimum absolute atomic E-state index is 0.351. The minimum atomic E-state index is -4.29. The van der Waals surface area contributed by atoms with Crippen molar-refractivity contribution in [2.75, 3.05) is 13.7 Å². The predicted octanol–water partition coefficient (Wildman–Crippen LogP) is 2.43. The molecule has 0 saturated heterocycles. The van der Waals surface area contributed by atoms with Gasteiger partial charge in [0.25, 0.3) is 0 Å². The Labute approximate surface area is 97.3 Å². The molecule has 1 aromatic carbocycles. The van der Waals surface area contributed by atoms with Crippen molar-refractivity contribution >= 4 is 6.21 Å². The van der Waals surface area contributed by atoms with Crippen LogP contribution in [0.3, 0.4) is 0 Å². The number of alkyl halides is 3. The molecule has 0 atom stereocenters. The molecule has 0 aliphatic rings. The molecule has 17 heavy (non-hydrogen) atoms. The van der Waals surface area contributed by atoms with Crippen LogP contribution in [0.5, 0.6) is 0 Å². The Bertz CT molecular complexity index is 360. The predicted molar refractivity (Wildman–Crippen MR) is 58.7 cm³/mol. The molecule has 0 unspecified atom stereocenters. The number of halogens is 3. The lowest BCUT2D eigenvalue weighted by Crippen LogP contribution is -2.13. The van der Waals surface area contributed by atoms with Gasteiger partial charge < -0.3 is 4.84 Å². The number of rotatable bonds is 5. The van der Waals surface area contributed by atoms with Crippen molar-refractivity contribution in [1.29, 1.82) is 0 Å². The zero-order valence-electron chi connectivity index (χ0n) is 9.29. The van der Waals surface area contributed by atoms with Crippen molar-refractivity contribution in [3.8, 4) is 0 Å². The molecule has 6 heteroatoms. The summed E-state index contributed by atoms with van der Waals surface area (Å²) in [6, 6.07) is 4.95. The molecule has 3 nitrogen and oxygen atoms in total. The van der Waals surface area contributed by atoms with Gasteiger partial charge >= 0.3 is 6.18 Å². The van der Waals surface area contributed by atoms with Gasteiger partial charge in [-0.2, -0.15) is 18.7 Å². The summed E-state index contributed by atoms with van der Waals surface area (Å²) in [4.78, 5) is 8.60. The van der Waals surface area contributed by atoms with Crippen LogP contribution in [-0.2, 0) is 17.6 Å². The van der Waals surface area contributed by atoms with Gasteiger partial charge in [-0.3, -0.25) is 4.99 Å². The highest BCUT2D eigenvalue weighted by Gasteiger charge is 2.29. The van der Waals surface area contributed by atoms with E-state index in [1.54, 1.807) is 6.21 Å². The zero-order chi connectivity index (χ0) is 12.7. The van der Waals surface area contributed by atoms with Crippen LogP contribution in [0.15, 0.2) is 29.3 Å². The van der Waals surface area contributed by atoms with Crippen LogP contribution < -0.4 is 5.48 Å². The minimum Gasteiger partial charge on any atom is -0.305 e. The third-order valence-electron chi connectivity index (χ3n) is 2.00. The quantitative estimate of drug-likeness (QED) is 0.492. The van der Waals surface area contributed by atoms with Crippen LogP contribution in [0.4, 0.5) is 13.2 Å². The second kappa shape index (κ2) is 6.36. The molecule has 0 heterocycles. The van der Waals surface area contributed by atoms with Crippen molar-refractivity contribution in [2.24, 2.45) is 4.99 Å². The van der Waals surface area contributed by atoms with Gasteiger partial charge in [0, 0.05) is 6.21 Å². The highest BCUT2D eigenvalue weighted by Crippen LogP contribution is 2.29. The van der Waals surface area contributed by atoms with E-state index < -0.39 is 11.7 Å². The maximum Gasteiger partial charge on any atom is 0.416 e. The van der Waals surface area contributed by atoms with Crippen molar-refractivity contribution in [3.05, 3.63) is 35.4 Å². The van der Waals surface area contributed by atoms with E-state index in [0.717, 1.165) is 17.7 Å². The molecule has 1 aromatic rings. The molecule has 0 bridgehead atoms. The Morgan fingerprint density at radius 1 is 1.29 bits per heavy atom. The first-order valence-electron chi connectivity index (χ1n) is 4.94. The van der Waals surface area contributed by atoms with E-state index in [0.29, 0.717) is 13.1 Å². The summed E-state index contributed by atoms with van der Waals surface area (Å²) in [7, 11) is 1.49. The topological polar surface area (TPSA) is 33.6 Å². The number of hydroxylamine groups is 1. The number of hydrogen-bond donors (Lipinski definition) is 1. The van der Waals surface area contributed by atoms with Crippen molar-refractivity contribution in [2.45, 2.75) is 12.7 Å². The normalized spacial score (nSPS) is 12.2. The maximum absolute atomic E-state index is 12.3. The fraction of sp³-hybridized carbons (Fsp3) is 0.364. The SMILES string of the molecule is CONCC=NCc1ccc(C(F)(F)F)cc1. The second-order valence-corrected chi connectivity index (χ2v) is 3.27. The second-order valence-electron chi connectivity index (χ2n) is 3.27. The average molecular weight is 246 g/mol. The molecule has 94 valence electrons. The molecular weight excluding hydrogens is 233 g/mol. The van der Waals surface area contributed by atoms with E-state index in [2.05, 4.69) is 15.3 Å². The largest absolute Gasteiger partial charge is 0.416 e. The summed E-state index contributed by atoms with van der Waals surface area (Å²) in [5.41, 5.74) is 2.65. The number of hydrogen-bond acceptors (Lipinski definition) is 3. The Kier molecular flexibility index (Phi) is 5.11. The number of benzene rings is 1. The number of nitrogens with one attached hydrogen (secondary N) is 1. The molecule has 0 amide bonds. The van der Waals surface area contributed by atoms with Crippen LogP contribution in [-0.4, -0.2) is 19.9 Å². The standard InChI is InChI=1S/C11H13F3N2O/c1-17-16-7-6-15-8-9-2-4-10(5-3-9)11(12,13)14/h2-6,16H,7-8H2,1H3. The van der Waals surface area contributed by atoms with Crippen molar-refractivity contribution in [1.82, 2.24) is 5.48 Å². The van der Waals surface area contributed by atoms with E-state index in [4.69, 9.17) is 0 Å². The van der Waals surface area contributed by atoms with Crippen LogP contribution in [0.25, 0.3) is 0 Å². The Hall–Kier alpha value is -1.40. The average Bonchev–Trinajstić information content (AvgIpc) is 2.28. The van der Waals surface area contributed by atoms with Gasteiger partial charge in [0.1, 0.15) is 0 Å². The van der Waals surface area contributed by atoms with Gasteiger partial charge in [-0.15, -0.1) is 0 Å². The highest BCUT2D eigenvalue weighted by atomic mass is 19.4. The van der Waals surface area contributed by atoms with Gasteiger partial charge in [0.15, 0.2) is 0 Å². The molecule has 0 radical (unpaired) electrons. The summed E-state index contributed by atoms with van der Waals surface area (Å²) in [5, 5.41) is 0. The van der Waals surface area contributed by atoms with Crippen LogP contribution in [0.2, 0.25) is 0 Å². The molecule has 0 saturated carbocycles. The van der Waals surface area contributed by atoms with Crippen LogP contribution in [0.1, 0.15) is 11.1 Å². The smallest absolute Gasteiger partial charge is 0.305 e. The summed E-state index contributed by atoms with van der Waals surface area (Å²) in [6.45, 7) is 0.806. The number of aliphatic imine (C=N–C) groups is 1. The van der Waals surface area contributed by atoms with Crippen LogP contribution >= 0.6 is 0 Å². The van der Waals surface area contributed by atoms with Crippen molar-refractivity contribution in [3.63, 3.8) is 0 Å². The summed E-state index contributed by atoms with van der Waals surface area (Å²) in [6.07, 6.45) is -2.69. The van der Waals surface area contributed by atoms with Gasteiger partial charge in [-0.1, -0.05) is 12.1 Å². The van der Waals surface area contributed by atoms with Gasteiger partial charge in [0.05, 0.1) is 25.8 Å². The summed E-state index contributed by atoms with van der Waals surface area (Å²) >= 11 is 0. The van der Waals surface area contributed by atoms with E-state index in [9.17, 15) is 13.2 Å². The molecule has 0 aromatic heterocycles. The van der Waals surface area contributed by atoms with Crippen LogP contribution in [0, 0.1) is 0 Å². The first-order valence-corrected chi connectivity index (χ1v) is 4.94.